The number of carbonyl (C=O) groups is 1. The molecule has 0 aliphatic carbocycles. The van der Waals surface area contributed by atoms with Crippen molar-refractivity contribution < 1.29 is 4.79 Å². The van der Waals surface area contributed by atoms with Gasteiger partial charge in [0.05, 0.1) is 18.1 Å². The molecule has 4 rings (SSSR count). The molecule has 3 aromatic rings. The number of aryl methyl sites for hydroxylation is 2. The van der Waals surface area contributed by atoms with Crippen LogP contribution in [0.2, 0.25) is 0 Å². The lowest BCUT2D eigenvalue weighted by molar-refractivity contribution is -0.121. The first kappa shape index (κ1) is 23.2. The number of rotatable bonds is 8. The van der Waals surface area contributed by atoms with Gasteiger partial charge in [0, 0.05) is 36.6 Å². The first-order chi connectivity index (χ1) is 16.5. The van der Waals surface area contributed by atoms with E-state index in [9.17, 15) is 10.1 Å². The number of nitriles is 1. The van der Waals surface area contributed by atoms with E-state index < -0.39 is 0 Å². The number of hydrogen-bond donors (Lipinski definition) is 2. The SMILES string of the molecule is CCCc1cc(N2CCC(NC(=O)Cc3ccccc3)C2)nc(Nc2ccc(C)c(C#N)c2)n1. The summed E-state index contributed by atoms with van der Waals surface area (Å²) in [6.45, 7) is 5.58. The maximum absolute atomic E-state index is 12.5. The van der Waals surface area contributed by atoms with Crippen molar-refractivity contribution in [3.05, 3.63) is 77.0 Å². The summed E-state index contributed by atoms with van der Waals surface area (Å²) in [4.78, 5) is 24.1. The summed E-state index contributed by atoms with van der Waals surface area (Å²) in [6, 6.07) is 19.8. The van der Waals surface area contributed by atoms with Gasteiger partial charge in [0.25, 0.3) is 0 Å². The molecule has 2 N–H and O–H groups in total. The molecule has 1 fully saturated rings. The number of amides is 1. The van der Waals surface area contributed by atoms with Gasteiger partial charge in [-0.05, 0) is 43.0 Å². The minimum Gasteiger partial charge on any atom is -0.354 e. The highest BCUT2D eigenvalue weighted by Gasteiger charge is 2.25. The second kappa shape index (κ2) is 10.8. The van der Waals surface area contributed by atoms with E-state index in [1.54, 1.807) is 0 Å². The monoisotopic (exact) mass is 454 g/mol. The van der Waals surface area contributed by atoms with Crippen molar-refractivity contribution >= 4 is 23.4 Å². The quantitative estimate of drug-likeness (QED) is 0.527. The van der Waals surface area contributed by atoms with Gasteiger partial charge in [-0.2, -0.15) is 10.2 Å². The van der Waals surface area contributed by atoms with Crippen LogP contribution in [0.3, 0.4) is 0 Å². The van der Waals surface area contributed by atoms with Crippen LogP contribution < -0.4 is 15.5 Å². The molecule has 1 amide bonds. The maximum Gasteiger partial charge on any atom is 0.229 e. The van der Waals surface area contributed by atoms with Crippen molar-refractivity contribution in [1.82, 2.24) is 15.3 Å². The molecular weight excluding hydrogens is 424 g/mol. The van der Waals surface area contributed by atoms with E-state index in [0.717, 1.165) is 54.1 Å². The molecule has 34 heavy (non-hydrogen) atoms. The Bertz CT molecular complexity index is 1190. The zero-order valence-corrected chi connectivity index (χ0v) is 19.7. The van der Waals surface area contributed by atoms with Crippen LogP contribution >= 0.6 is 0 Å². The summed E-state index contributed by atoms with van der Waals surface area (Å²) in [5.41, 5.74) is 4.34. The van der Waals surface area contributed by atoms with E-state index in [-0.39, 0.29) is 11.9 Å². The minimum atomic E-state index is 0.0439. The van der Waals surface area contributed by atoms with Gasteiger partial charge in [0.1, 0.15) is 5.82 Å². The third-order valence-electron chi connectivity index (χ3n) is 5.97. The van der Waals surface area contributed by atoms with Crippen LogP contribution in [0.1, 0.15) is 42.1 Å². The van der Waals surface area contributed by atoms with Crippen LogP contribution in [0, 0.1) is 18.3 Å². The first-order valence-electron chi connectivity index (χ1n) is 11.8. The largest absolute Gasteiger partial charge is 0.354 e. The molecule has 1 aromatic heterocycles. The number of carbonyl (C=O) groups excluding carboxylic acids is 1. The average molecular weight is 455 g/mol. The Morgan fingerprint density at radius 1 is 1.18 bits per heavy atom. The first-order valence-corrected chi connectivity index (χ1v) is 11.8. The Kier molecular flexibility index (Phi) is 7.38. The molecule has 0 spiro atoms. The number of anilines is 3. The molecule has 2 aromatic carbocycles. The predicted molar refractivity (Wildman–Crippen MR) is 134 cm³/mol. The third-order valence-corrected chi connectivity index (χ3v) is 5.97. The van der Waals surface area contributed by atoms with Gasteiger partial charge >= 0.3 is 0 Å². The van der Waals surface area contributed by atoms with Gasteiger partial charge < -0.3 is 15.5 Å². The van der Waals surface area contributed by atoms with Crippen molar-refractivity contribution in [3.8, 4) is 6.07 Å². The Morgan fingerprint density at radius 3 is 2.76 bits per heavy atom. The van der Waals surface area contributed by atoms with Crippen molar-refractivity contribution in [2.45, 2.75) is 45.6 Å². The van der Waals surface area contributed by atoms with Crippen LogP contribution in [0.5, 0.6) is 0 Å². The van der Waals surface area contributed by atoms with Gasteiger partial charge in [0.15, 0.2) is 0 Å². The molecule has 174 valence electrons. The van der Waals surface area contributed by atoms with E-state index >= 15 is 0 Å². The summed E-state index contributed by atoms with van der Waals surface area (Å²) in [5.74, 6) is 1.42. The van der Waals surface area contributed by atoms with Crippen LogP contribution in [0.15, 0.2) is 54.6 Å². The molecule has 1 aliphatic heterocycles. The Morgan fingerprint density at radius 2 is 2.00 bits per heavy atom. The van der Waals surface area contributed by atoms with Crippen LogP contribution in [-0.2, 0) is 17.6 Å². The Labute approximate surface area is 200 Å². The van der Waals surface area contributed by atoms with Gasteiger partial charge in [0.2, 0.25) is 11.9 Å². The molecule has 0 bridgehead atoms. The smallest absolute Gasteiger partial charge is 0.229 e. The van der Waals surface area contributed by atoms with Crippen molar-refractivity contribution in [1.29, 1.82) is 5.26 Å². The zero-order valence-electron chi connectivity index (χ0n) is 19.7. The average Bonchev–Trinajstić information content (AvgIpc) is 3.29. The fourth-order valence-electron chi connectivity index (χ4n) is 4.18. The van der Waals surface area contributed by atoms with Crippen LogP contribution in [0.25, 0.3) is 0 Å². The molecule has 1 atom stereocenters. The van der Waals surface area contributed by atoms with Crippen molar-refractivity contribution in [2.75, 3.05) is 23.3 Å². The van der Waals surface area contributed by atoms with Crippen molar-refractivity contribution in [2.24, 2.45) is 0 Å². The van der Waals surface area contributed by atoms with Crippen LogP contribution in [-0.4, -0.2) is 35.0 Å². The Hall–Kier alpha value is -3.92. The molecular formula is C27H30N6O. The lowest BCUT2D eigenvalue weighted by Crippen LogP contribution is -2.38. The van der Waals surface area contributed by atoms with Gasteiger partial charge in [-0.3, -0.25) is 4.79 Å². The standard InChI is InChI=1S/C27H30N6O/c1-3-7-22-16-25(32-27(30-22)31-23-11-10-19(2)21(15-23)17-28)33-13-12-24(18-33)29-26(34)14-20-8-5-4-6-9-20/h4-6,8-11,15-16,24H,3,7,12-14,18H2,1-2H3,(H,29,34)(H,30,31,32). The third kappa shape index (κ3) is 5.90. The van der Waals surface area contributed by atoms with Gasteiger partial charge in [-0.25, -0.2) is 4.98 Å². The zero-order chi connectivity index (χ0) is 23.9. The molecule has 0 radical (unpaired) electrons. The minimum absolute atomic E-state index is 0.0439. The number of nitrogens with zero attached hydrogens (tertiary/aromatic N) is 4. The highest BCUT2D eigenvalue weighted by molar-refractivity contribution is 5.79. The summed E-state index contributed by atoms with van der Waals surface area (Å²) in [5, 5.41) is 15.8. The molecule has 1 saturated heterocycles. The molecule has 1 unspecified atom stereocenters. The number of nitrogens with one attached hydrogen (secondary N) is 2. The molecule has 0 saturated carbocycles. The number of aromatic nitrogens is 2. The van der Waals surface area contributed by atoms with Gasteiger partial charge in [-0.15, -0.1) is 0 Å². The van der Waals surface area contributed by atoms with E-state index in [1.165, 1.54) is 0 Å². The lowest BCUT2D eigenvalue weighted by atomic mass is 10.1. The fourth-order valence-corrected chi connectivity index (χ4v) is 4.18. The highest BCUT2D eigenvalue weighted by Crippen LogP contribution is 2.24. The Balaban J connectivity index is 1.45. The van der Waals surface area contributed by atoms with E-state index in [0.29, 0.717) is 24.5 Å². The molecule has 7 nitrogen and oxygen atoms in total. The van der Waals surface area contributed by atoms with E-state index in [2.05, 4.69) is 33.5 Å². The molecule has 2 heterocycles. The number of hydrogen-bond acceptors (Lipinski definition) is 6. The second-order valence-corrected chi connectivity index (χ2v) is 8.72. The summed E-state index contributed by atoms with van der Waals surface area (Å²) in [7, 11) is 0. The van der Waals surface area contributed by atoms with Crippen molar-refractivity contribution in [3.63, 3.8) is 0 Å². The number of benzene rings is 2. The molecule has 7 heteroatoms. The lowest BCUT2D eigenvalue weighted by Gasteiger charge is -2.20. The molecule has 1 aliphatic rings. The van der Waals surface area contributed by atoms with E-state index in [1.807, 2.05) is 61.5 Å². The maximum atomic E-state index is 12.5. The van der Waals surface area contributed by atoms with Gasteiger partial charge in [-0.1, -0.05) is 49.7 Å². The topological polar surface area (TPSA) is 93.9 Å². The fraction of sp³-hybridized carbons (Fsp3) is 0.333. The predicted octanol–water partition coefficient (Wildman–Crippen LogP) is 4.29. The highest BCUT2D eigenvalue weighted by atomic mass is 16.1. The normalized spacial score (nSPS) is 15.1. The second-order valence-electron chi connectivity index (χ2n) is 8.72. The summed E-state index contributed by atoms with van der Waals surface area (Å²) >= 11 is 0. The summed E-state index contributed by atoms with van der Waals surface area (Å²) < 4.78 is 0. The van der Waals surface area contributed by atoms with Crippen LogP contribution in [0.4, 0.5) is 17.5 Å². The van der Waals surface area contributed by atoms with E-state index in [4.69, 9.17) is 4.98 Å². The summed E-state index contributed by atoms with van der Waals surface area (Å²) in [6.07, 6.45) is 3.10.